The van der Waals surface area contributed by atoms with Crippen LogP contribution in [0.15, 0.2) is 66.4 Å². The Hall–Kier alpha value is -2.77. The second kappa shape index (κ2) is 8.02. The number of benzene rings is 2. The third-order valence-corrected chi connectivity index (χ3v) is 3.43. The van der Waals surface area contributed by atoms with E-state index in [0.29, 0.717) is 17.3 Å². The Morgan fingerprint density at radius 2 is 1.87 bits per heavy atom. The Morgan fingerprint density at radius 1 is 1.22 bits per heavy atom. The molecule has 0 aliphatic carbocycles. The van der Waals surface area contributed by atoms with Crippen LogP contribution in [0.3, 0.4) is 0 Å². The monoisotopic (exact) mass is 325 g/mol. The lowest BCUT2D eigenvalue weighted by Crippen LogP contribution is -2.20. The lowest BCUT2D eigenvalue weighted by molar-refractivity contribution is -0.112. The van der Waals surface area contributed by atoms with E-state index in [0.717, 1.165) is 5.69 Å². The molecule has 0 fully saturated rings. The molecule has 2 rings (SSSR count). The molecule has 0 aliphatic rings. The smallest absolute Gasteiger partial charge is 0.267 e. The van der Waals surface area contributed by atoms with E-state index in [2.05, 4.69) is 5.32 Å². The molecule has 23 heavy (non-hydrogen) atoms. The van der Waals surface area contributed by atoms with E-state index in [9.17, 15) is 10.1 Å². The van der Waals surface area contributed by atoms with Crippen LogP contribution in [-0.4, -0.2) is 12.5 Å². The maximum Gasteiger partial charge on any atom is 0.267 e. The largest absolute Gasteiger partial charge is 0.347 e. The summed E-state index contributed by atoms with van der Waals surface area (Å²) in [4.78, 5) is 14.1. The van der Waals surface area contributed by atoms with Crippen LogP contribution < -0.4 is 10.2 Å². The molecule has 1 N–H and O–H groups in total. The Bertz CT molecular complexity index is 733. The average molecular weight is 326 g/mol. The summed E-state index contributed by atoms with van der Waals surface area (Å²) in [6, 6.07) is 18.2. The van der Waals surface area contributed by atoms with Crippen molar-refractivity contribution in [1.82, 2.24) is 0 Å². The fourth-order valence-corrected chi connectivity index (χ4v) is 2.12. The molecule has 5 heteroatoms. The number of nitriles is 1. The highest BCUT2D eigenvalue weighted by Crippen LogP contribution is 2.16. The van der Waals surface area contributed by atoms with E-state index >= 15 is 0 Å². The van der Waals surface area contributed by atoms with E-state index in [-0.39, 0.29) is 5.57 Å². The van der Waals surface area contributed by atoms with Crippen LogP contribution in [-0.2, 0) is 4.79 Å². The maximum absolute atomic E-state index is 12.2. The van der Waals surface area contributed by atoms with Crippen LogP contribution in [0.2, 0.25) is 5.02 Å². The van der Waals surface area contributed by atoms with Crippen LogP contribution in [0.1, 0.15) is 6.92 Å². The SMILES string of the molecule is CCN(/C=C(/C#N)C(=O)Nc1ccc(Cl)cc1)c1ccccc1. The molecule has 0 saturated carbocycles. The van der Waals surface area contributed by atoms with Gasteiger partial charge in [0.25, 0.3) is 5.91 Å². The first-order chi connectivity index (χ1) is 11.1. The number of nitrogens with one attached hydrogen (secondary N) is 1. The summed E-state index contributed by atoms with van der Waals surface area (Å²) >= 11 is 5.81. The van der Waals surface area contributed by atoms with Gasteiger partial charge in [-0.2, -0.15) is 5.26 Å². The summed E-state index contributed by atoms with van der Waals surface area (Å²) in [7, 11) is 0. The van der Waals surface area contributed by atoms with Gasteiger partial charge >= 0.3 is 0 Å². The highest BCUT2D eigenvalue weighted by Gasteiger charge is 2.12. The molecule has 0 atom stereocenters. The summed E-state index contributed by atoms with van der Waals surface area (Å²) < 4.78 is 0. The number of amides is 1. The molecule has 0 unspecified atom stereocenters. The normalized spacial score (nSPS) is 10.7. The molecular weight excluding hydrogens is 310 g/mol. The van der Waals surface area contributed by atoms with Crippen LogP contribution in [0.25, 0.3) is 0 Å². The first-order valence-electron chi connectivity index (χ1n) is 7.14. The molecule has 0 aromatic heterocycles. The number of carbonyl (C=O) groups is 1. The van der Waals surface area contributed by atoms with Crippen molar-refractivity contribution in [3.8, 4) is 6.07 Å². The van der Waals surface area contributed by atoms with Crippen molar-refractivity contribution in [2.24, 2.45) is 0 Å². The summed E-state index contributed by atoms with van der Waals surface area (Å²) in [5, 5.41) is 12.6. The first-order valence-corrected chi connectivity index (χ1v) is 7.52. The lowest BCUT2D eigenvalue weighted by Gasteiger charge is -2.18. The van der Waals surface area contributed by atoms with E-state index < -0.39 is 5.91 Å². The van der Waals surface area contributed by atoms with Gasteiger partial charge in [-0.25, -0.2) is 0 Å². The van der Waals surface area contributed by atoms with Gasteiger partial charge in [-0.1, -0.05) is 29.8 Å². The molecule has 2 aromatic rings. The quantitative estimate of drug-likeness (QED) is 0.661. The number of anilines is 2. The summed E-state index contributed by atoms with van der Waals surface area (Å²) in [6.07, 6.45) is 1.56. The van der Waals surface area contributed by atoms with Crippen molar-refractivity contribution in [3.63, 3.8) is 0 Å². The zero-order valence-electron chi connectivity index (χ0n) is 12.7. The third-order valence-electron chi connectivity index (χ3n) is 3.18. The average Bonchev–Trinajstić information content (AvgIpc) is 2.58. The van der Waals surface area contributed by atoms with Crippen LogP contribution >= 0.6 is 11.6 Å². The van der Waals surface area contributed by atoms with E-state index in [1.807, 2.05) is 48.2 Å². The number of nitrogens with zero attached hydrogens (tertiary/aromatic N) is 2. The number of hydrogen-bond acceptors (Lipinski definition) is 3. The van der Waals surface area contributed by atoms with Gasteiger partial charge in [0.05, 0.1) is 0 Å². The summed E-state index contributed by atoms with van der Waals surface area (Å²) in [5.41, 5.74) is 1.54. The fraction of sp³-hybridized carbons (Fsp3) is 0.111. The van der Waals surface area contributed by atoms with E-state index in [1.54, 1.807) is 30.5 Å². The molecular formula is C18H16ClN3O. The van der Waals surface area contributed by atoms with Gasteiger partial charge < -0.3 is 10.2 Å². The molecule has 0 heterocycles. The Balaban J connectivity index is 2.18. The van der Waals surface area contributed by atoms with Gasteiger partial charge in [0.1, 0.15) is 11.6 Å². The molecule has 0 radical (unpaired) electrons. The second-order valence-corrected chi connectivity index (χ2v) is 5.17. The minimum absolute atomic E-state index is 0.0330. The van der Waals surface area contributed by atoms with Gasteiger partial charge in [-0.15, -0.1) is 0 Å². The van der Waals surface area contributed by atoms with Crippen molar-refractivity contribution in [3.05, 3.63) is 71.4 Å². The standard InChI is InChI=1S/C18H16ClN3O/c1-2-22(17-6-4-3-5-7-17)13-14(12-20)18(23)21-16-10-8-15(19)9-11-16/h3-11,13H,2H2,1H3,(H,21,23)/b14-13-. The molecule has 0 aliphatic heterocycles. The molecule has 0 bridgehead atoms. The zero-order chi connectivity index (χ0) is 16.7. The van der Waals surface area contributed by atoms with Gasteiger partial charge in [-0.3, -0.25) is 4.79 Å². The first kappa shape index (κ1) is 16.6. The molecule has 0 spiro atoms. The molecule has 116 valence electrons. The number of halogens is 1. The summed E-state index contributed by atoms with van der Waals surface area (Å²) in [5.74, 6) is -0.454. The predicted octanol–water partition coefficient (Wildman–Crippen LogP) is 4.21. The van der Waals surface area contributed by atoms with Gasteiger partial charge in [0.15, 0.2) is 0 Å². The van der Waals surface area contributed by atoms with Crippen LogP contribution in [0, 0.1) is 11.3 Å². The molecule has 0 saturated heterocycles. The Morgan fingerprint density at radius 3 is 2.43 bits per heavy atom. The zero-order valence-corrected chi connectivity index (χ0v) is 13.4. The van der Waals surface area contributed by atoms with Gasteiger partial charge in [-0.05, 0) is 43.3 Å². The topological polar surface area (TPSA) is 56.1 Å². The van der Waals surface area contributed by atoms with E-state index in [1.165, 1.54) is 0 Å². The summed E-state index contributed by atoms with van der Waals surface area (Å²) in [6.45, 7) is 2.60. The lowest BCUT2D eigenvalue weighted by atomic mass is 10.2. The Kier molecular flexibility index (Phi) is 5.79. The van der Waals surface area contributed by atoms with E-state index in [4.69, 9.17) is 11.6 Å². The molecule has 4 nitrogen and oxygen atoms in total. The van der Waals surface area contributed by atoms with Crippen molar-refractivity contribution in [2.75, 3.05) is 16.8 Å². The highest BCUT2D eigenvalue weighted by atomic mass is 35.5. The van der Waals surface area contributed by atoms with Crippen molar-refractivity contribution in [1.29, 1.82) is 5.26 Å². The number of hydrogen-bond donors (Lipinski definition) is 1. The maximum atomic E-state index is 12.2. The molecule has 2 aromatic carbocycles. The molecule has 1 amide bonds. The van der Waals surface area contributed by atoms with Crippen LogP contribution in [0.5, 0.6) is 0 Å². The fourth-order valence-electron chi connectivity index (χ4n) is 1.99. The van der Waals surface area contributed by atoms with Crippen molar-refractivity contribution in [2.45, 2.75) is 6.92 Å². The second-order valence-electron chi connectivity index (χ2n) is 4.74. The number of rotatable bonds is 5. The number of carbonyl (C=O) groups excluding carboxylic acids is 1. The minimum atomic E-state index is -0.454. The number of para-hydroxylation sites is 1. The Labute approximate surface area is 140 Å². The van der Waals surface area contributed by atoms with Gasteiger partial charge in [0.2, 0.25) is 0 Å². The predicted molar refractivity (Wildman–Crippen MR) is 93.2 cm³/mol. The van der Waals surface area contributed by atoms with Gasteiger partial charge in [0, 0.05) is 29.1 Å². The van der Waals surface area contributed by atoms with Crippen molar-refractivity contribution < 1.29 is 4.79 Å². The van der Waals surface area contributed by atoms with Crippen molar-refractivity contribution >= 4 is 28.9 Å². The third kappa shape index (κ3) is 4.60. The highest BCUT2D eigenvalue weighted by molar-refractivity contribution is 6.30. The van der Waals surface area contributed by atoms with Crippen LogP contribution in [0.4, 0.5) is 11.4 Å². The minimum Gasteiger partial charge on any atom is -0.347 e.